The van der Waals surface area contributed by atoms with E-state index < -0.39 is 0 Å². The first kappa shape index (κ1) is 9.90. The Labute approximate surface area is 89.6 Å². The first-order valence-corrected chi connectivity index (χ1v) is 5.16. The molecule has 1 N–H and O–H groups in total. The van der Waals surface area contributed by atoms with Gasteiger partial charge in [0, 0.05) is 5.56 Å². The van der Waals surface area contributed by atoms with E-state index in [4.69, 9.17) is 0 Å². The van der Waals surface area contributed by atoms with Gasteiger partial charge < -0.3 is 0 Å². The lowest BCUT2D eigenvalue weighted by molar-refractivity contribution is 0.867. The molecule has 2 aromatic rings. The van der Waals surface area contributed by atoms with E-state index in [2.05, 4.69) is 53.3 Å². The van der Waals surface area contributed by atoms with E-state index >= 15 is 0 Å². The zero-order chi connectivity index (χ0) is 10.8. The highest BCUT2D eigenvalue weighted by molar-refractivity contribution is 5.55. The summed E-state index contributed by atoms with van der Waals surface area (Å²) < 4.78 is 0. The number of aromatic amines is 1. The Balaban J connectivity index is 2.31. The largest absolute Gasteiger partial charge is 0.263 e. The number of benzene rings is 1. The molecule has 0 aliphatic carbocycles. The number of aryl methyl sites for hydroxylation is 1. The van der Waals surface area contributed by atoms with Gasteiger partial charge in [-0.05, 0) is 18.4 Å². The third-order valence-corrected chi connectivity index (χ3v) is 2.43. The fourth-order valence-corrected chi connectivity index (χ4v) is 1.49. The Kier molecular flexibility index (Phi) is 2.54. The van der Waals surface area contributed by atoms with Gasteiger partial charge in [0.25, 0.3) is 0 Å². The van der Waals surface area contributed by atoms with Crippen LogP contribution in [0.25, 0.3) is 11.4 Å². The van der Waals surface area contributed by atoms with Crippen molar-refractivity contribution in [1.82, 2.24) is 15.2 Å². The summed E-state index contributed by atoms with van der Waals surface area (Å²) in [4.78, 5) is 4.29. The highest BCUT2D eigenvalue weighted by Gasteiger charge is 2.04. The van der Waals surface area contributed by atoms with Crippen molar-refractivity contribution < 1.29 is 0 Å². The van der Waals surface area contributed by atoms with Crippen LogP contribution in [-0.2, 0) is 0 Å². The monoisotopic (exact) mass is 201 g/mol. The van der Waals surface area contributed by atoms with Crippen molar-refractivity contribution in [3.05, 3.63) is 35.7 Å². The van der Waals surface area contributed by atoms with Crippen LogP contribution in [-0.4, -0.2) is 15.2 Å². The molecule has 0 aliphatic rings. The topological polar surface area (TPSA) is 41.6 Å². The normalized spacial score (nSPS) is 10.9. The SMILES string of the molecule is Cc1nc(-c2ccc(C(C)C)cc2)n[nH]1. The van der Waals surface area contributed by atoms with Gasteiger partial charge in [-0.2, -0.15) is 5.10 Å². The van der Waals surface area contributed by atoms with Crippen LogP contribution < -0.4 is 0 Å². The van der Waals surface area contributed by atoms with Gasteiger partial charge >= 0.3 is 0 Å². The number of aromatic nitrogens is 3. The van der Waals surface area contributed by atoms with E-state index in [9.17, 15) is 0 Å². The lowest BCUT2D eigenvalue weighted by atomic mass is 10.0. The van der Waals surface area contributed by atoms with Gasteiger partial charge in [0.05, 0.1) is 0 Å². The van der Waals surface area contributed by atoms with Crippen LogP contribution >= 0.6 is 0 Å². The minimum atomic E-state index is 0.563. The summed E-state index contributed by atoms with van der Waals surface area (Å²) in [5.74, 6) is 2.17. The van der Waals surface area contributed by atoms with E-state index in [1.54, 1.807) is 0 Å². The number of H-pyrrole nitrogens is 1. The van der Waals surface area contributed by atoms with Gasteiger partial charge in [0.2, 0.25) is 0 Å². The maximum Gasteiger partial charge on any atom is 0.181 e. The molecule has 0 spiro atoms. The molecule has 0 saturated carbocycles. The van der Waals surface area contributed by atoms with Crippen molar-refractivity contribution >= 4 is 0 Å². The Morgan fingerprint density at radius 3 is 2.27 bits per heavy atom. The summed E-state index contributed by atoms with van der Waals surface area (Å²) in [7, 11) is 0. The zero-order valence-electron chi connectivity index (χ0n) is 9.28. The first-order chi connectivity index (χ1) is 7.16. The highest BCUT2D eigenvalue weighted by atomic mass is 15.2. The molecule has 1 heterocycles. The summed E-state index contributed by atoms with van der Waals surface area (Å²) in [5, 5.41) is 6.97. The van der Waals surface area contributed by atoms with Crippen LogP contribution in [0.1, 0.15) is 31.2 Å². The second kappa shape index (κ2) is 3.85. The fraction of sp³-hybridized carbons (Fsp3) is 0.333. The van der Waals surface area contributed by atoms with Crippen molar-refractivity contribution in [3.63, 3.8) is 0 Å². The van der Waals surface area contributed by atoms with Gasteiger partial charge in [-0.25, -0.2) is 4.98 Å². The summed E-state index contributed by atoms with van der Waals surface area (Å²) in [5.41, 5.74) is 2.40. The van der Waals surface area contributed by atoms with Gasteiger partial charge in [-0.3, -0.25) is 5.10 Å². The average Bonchev–Trinajstić information content (AvgIpc) is 2.65. The molecule has 0 radical (unpaired) electrons. The third kappa shape index (κ3) is 2.06. The second-order valence-corrected chi connectivity index (χ2v) is 4.02. The van der Waals surface area contributed by atoms with Crippen molar-refractivity contribution in [2.75, 3.05) is 0 Å². The van der Waals surface area contributed by atoms with Gasteiger partial charge in [-0.15, -0.1) is 0 Å². The molecule has 3 heteroatoms. The van der Waals surface area contributed by atoms with E-state index in [-0.39, 0.29) is 0 Å². The molecule has 0 bridgehead atoms. The molecule has 0 fully saturated rings. The number of nitrogens with zero attached hydrogens (tertiary/aromatic N) is 2. The first-order valence-electron chi connectivity index (χ1n) is 5.16. The molecule has 0 unspecified atom stereocenters. The van der Waals surface area contributed by atoms with Crippen molar-refractivity contribution in [3.8, 4) is 11.4 Å². The fourth-order valence-electron chi connectivity index (χ4n) is 1.49. The van der Waals surface area contributed by atoms with Crippen LogP contribution in [0.2, 0.25) is 0 Å². The molecule has 2 rings (SSSR count). The van der Waals surface area contributed by atoms with Crippen molar-refractivity contribution in [2.24, 2.45) is 0 Å². The number of hydrogen-bond acceptors (Lipinski definition) is 2. The van der Waals surface area contributed by atoms with E-state index in [0.717, 1.165) is 17.2 Å². The Morgan fingerprint density at radius 1 is 1.13 bits per heavy atom. The van der Waals surface area contributed by atoms with Gasteiger partial charge in [-0.1, -0.05) is 38.1 Å². The Morgan fingerprint density at radius 2 is 1.80 bits per heavy atom. The van der Waals surface area contributed by atoms with Gasteiger partial charge in [0.1, 0.15) is 5.82 Å². The Hall–Kier alpha value is -1.64. The molecule has 0 amide bonds. The van der Waals surface area contributed by atoms with Crippen LogP contribution in [0, 0.1) is 6.92 Å². The average molecular weight is 201 g/mol. The third-order valence-electron chi connectivity index (χ3n) is 2.43. The molecule has 0 atom stereocenters. The predicted molar refractivity (Wildman–Crippen MR) is 60.6 cm³/mol. The zero-order valence-corrected chi connectivity index (χ0v) is 9.28. The van der Waals surface area contributed by atoms with Crippen molar-refractivity contribution in [1.29, 1.82) is 0 Å². The molecule has 15 heavy (non-hydrogen) atoms. The number of rotatable bonds is 2. The molecule has 3 nitrogen and oxygen atoms in total. The molecule has 78 valence electrons. The summed E-state index contributed by atoms with van der Waals surface area (Å²) >= 11 is 0. The maximum atomic E-state index is 4.29. The van der Waals surface area contributed by atoms with E-state index in [1.165, 1.54) is 5.56 Å². The quantitative estimate of drug-likeness (QED) is 0.811. The maximum absolute atomic E-state index is 4.29. The predicted octanol–water partition coefficient (Wildman–Crippen LogP) is 2.90. The Bertz CT molecular complexity index is 440. The smallest absolute Gasteiger partial charge is 0.181 e. The highest BCUT2D eigenvalue weighted by Crippen LogP contribution is 2.19. The van der Waals surface area contributed by atoms with E-state index in [0.29, 0.717) is 5.92 Å². The summed E-state index contributed by atoms with van der Waals surface area (Å²) in [6.07, 6.45) is 0. The standard InChI is InChI=1S/C12H15N3/c1-8(2)10-4-6-11(7-5-10)12-13-9(3)14-15-12/h4-8H,1-3H3,(H,13,14,15). The molecule has 1 aromatic carbocycles. The van der Waals surface area contributed by atoms with Crippen LogP contribution in [0.15, 0.2) is 24.3 Å². The van der Waals surface area contributed by atoms with Crippen LogP contribution in [0.4, 0.5) is 0 Å². The lowest BCUT2D eigenvalue weighted by Gasteiger charge is -2.04. The second-order valence-electron chi connectivity index (χ2n) is 4.02. The van der Waals surface area contributed by atoms with Crippen LogP contribution in [0.3, 0.4) is 0 Å². The van der Waals surface area contributed by atoms with Crippen LogP contribution in [0.5, 0.6) is 0 Å². The van der Waals surface area contributed by atoms with Crippen molar-refractivity contribution in [2.45, 2.75) is 26.7 Å². The summed E-state index contributed by atoms with van der Waals surface area (Å²) in [6.45, 7) is 6.27. The lowest BCUT2D eigenvalue weighted by Crippen LogP contribution is -1.87. The molecule has 1 aromatic heterocycles. The molecule has 0 saturated heterocycles. The van der Waals surface area contributed by atoms with Gasteiger partial charge in [0.15, 0.2) is 5.82 Å². The minimum absolute atomic E-state index is 0.563. The molecular weight excluding hydrogens is 186 g/mol. The number of nitrogens with one attached hydrogen (secondary N) is 1. The van der Waals surface area contributed by atoms with E-state index in [1.807, 2.05) is 6.92 Å². The number of hydrogen-bond donors (Lipinski definition) is 1. The summed E-state index contributed by atoms with van der Waals surface area (Å²) in [6, 6.07) is 8.40. The molecule has 0 aliphatic heterocycles. The minimum Gasteiger partial charge on any atom is -0.263 e. The molecular formula is C12H15N3.